The lowest BCUT2D eigenvalue weighted by Crippen LogP contribution is -2.17. The maximum atomic E-state index is 10.5. The van der Waals surface area contributed by atoms with E-state index >= 15 is 0 Å². The molecule has 0 aliphatic heterocycles. The van der Waals surface area contributed by atoms with E-state index in [0.29, 0.717) is 12.5 Å². The zero-order valence-corrected chi connectivity index (χ0v) is 9.66. The Kier molecular flexibility index (Phi) is 4.63. The minimum absolute atomic E-state index is 0.264. The molecule has 0 atom stereocenters. The van der Waals surface area contributed by atoms with Crippen LogP contribution in [0.25, 0.3) is 0 Å². The van der Waals surface area contributed by atoms with Gasteiger partial charge < -0.3 is 11.1 Å². The van der Waals surface area contributed by atoms with E-state index in [1.807, 2.05) is 13.8 Å². The summed E-state index contributed by atoms with van der Waals surface area (Å²) < 4.78 is 0. The van der Waals surface area contributed by atoms with Crippen LogP contribution in [0.3, 0.4) is 0 Å². The maximum Gasteiger partial charge on any atom is 0.242 e. The van der Waals surface area contributed by atoms with Gasteiger partial charge in [-0.3, -0.25) is 4.79 Å². The fourth-order valence-corrected chi connectivity index (χ4v) is 1.31. The summed E-state index contributed by atoms with van der Waals surface area (Å²) in [7, 11) is 0. The Labute approximate surface area is 94.7 Å². The molecule has 0 saturated heterocycles. The standard InChI is InChI=1S/C10H17N5O/c1-3-7-8(4-2)14-15-10(13-7)12-6-5-9(11)16/h3-6H2,1-2H3,(H2,11,16)(H,12,13,15). The highest BCUT2D eigenvalue weighted by Gasteiger charge is 2.05. The van der Waals surface area contributed by atoms with E-state index in [1.165, 1.54) is 0 Å². The number of aromatic nitrogens is 3. The zero-order chi connectivity index (χ0) is 12.0. The van der Waals surface area contributed by atoms with Gasteiger partial charge in [-0.2, -0.15) is 5.10 Å². The lowest BCUT2D eigenvalue weighted by molar-refractivity contribution is -0.117. The van der Waals surface area contributed by atoms with Crippen LogP contribution >= 0.6 is 0 Å². The number of anilines is 1. The fourth-order valence-electron chi connectivity index (χ4n) is 1.31. The van der Waals surface area contributed by atoms with Crippen molar-refractivity contribution in [1.29, 1.82) is 0 Å². The van der Waals surface area contributed by atoms with Gasteiger partial charge in [-0.25, -0.2) is 4.98 Å². The average molecular weight is 223 g/mol. The third-order valence-corrected chi connectivity index (χ3v) is 2.16. The molecule has 1 amide bonds. The van der Waals surface area contributed by atoms with Gasteiger partial charge in [-0.1, -0.05) is 13.8 Å². The first-order valence-corrected chi connectivity index (χ1v) is 5.42. The van der Waals surface area contributed by atoms with Crippen LogP contribution in [-0.4, -0.2) is 27.6 Å². The number of nitrogens with one attached hydrogen (secondary N) is 1. The summed E-state index contributed by atoms with van der Waals surface area (Å²) >= 11 is 0. The Morgan fingerprint density at radius 2 is 1.94 bits per heavy atom. The third-order valence-electron chi connectivity index (χ3n) is 2.16. The predicted molar refractivity (Wildman–Crippen MR) is 60.9 cm³/mol. The first-order chi connectivity index (χ1) is 7.67. The Balaban J connectivity index is 2.64. The molecule has 3 N–H and O–H groups in total. The van der Waals surface area contributed by atoms with Crippen molar-refractivity contribution in [3.05, 3.63) is 11.4 Å². The fraction of sp³-hybridized carbons (Fsp3) is 0.600. The quantitative estimate of drug-likeness (QED) is 0.722. The second kappa shape index (κ2) is 5.99. The number of nitrogens with two attached hydrogens (primary N) is 1. The lowest BCUT2D eigenvalue weighted by atomic mass is 10.2. The molecule has 1 rings (SSSR count). The van der Waals surface area contributed by atoms with Crippen LogP contribution in [0, 0.1) is 0 Å². The van der Waals surface area contributed by atoms with Crippen molar-refractivity contribution in [3.8, 4) is 0 Å². The van der Waals surface area contributed by atoms with Gasteiger partial charge >= 0.3 is 0 Å². The van der Waals surface area contributed by atoms with Gasteiger partial charge in [-0.15, -0.1) is 5.10 Å². The van der Waals surface area contributed by atoms with Crippen LogP contribution in [0.15, 0.2) is 0 Å². The normalized spacial score (nSPS) is 10.1. The number of primary amides is 1. The van der Waals surface area contributed by atoms with Gasteiger partial charge in [0, 0.05) is 13.0 Å². The van der Waals surface area contributed by atoms with Crippen molar-refractivity contribution in [2.24, 2.45) is 5.73 Å². The first-order valence-electron chi connectivity index (χ1n) is 5.42. The van der Waals surface area contributed by atoms with E-state index in [9.17, 15) is 4.79 Å². The summed E-state index contributed by atoms with van der Waals surface area (Å²) in [5.41, 5.74) is 6.89. The van der Waals surface area contributed by atoms with Crippen molar-refractivity contribution in [3.63, 3.8) is 0 Å². The summed E-state index contributed by atoms with van der Waals surface area (Å²) in [5, 5.41) is 10.9. The molecular weight excluding hydrogens is 206 g/mol. The molecule has 1 aromatic rings. The lowest BCUT2D eigenvalue weighted by Gasteiger charge is -2.06. The molecule has 0 fully saturated rings. The minimum atomic E-state index is -0.346. The van der Waals surface area contributed by atoms with Crippen molar-refractivity contribution in [1.82, 2.24) is 15.2 Å². The second-order valence-electron chi connectivity index (χ2n) is 3.38. The molecule has 0 spiro atoms. The van der Waals surface area contributed by atoms with Gasteiger partial charge in [0.25, 0.3) is 0 Å². The van der Waals surface area contributed by atoms with Gasteiger partial charge in [0.05, 0.1) is 11.4 Å². The van der Waals surface area contributed by atoms with Gasteiger partial charge in [0.2, 0.25) is 11.9 Å². The zero-order valence-electron chi connectivity index (χ0n) is 9.66. The summed E-state index contributed by atoms with van der Waals surface area (Å²) in [6.45, 7) is 4.48. The largest absolute Gasteiger partial charge is 0.370 e. The Bertz CT molecular complexity index is 366. The second-order valence-corrected chi connectivity index (χ2v) is 3.38. The number of aryl methyl sites for hydroxylation is 2. The molecule has 0 saturated carbocycles. The molecule has 0 aliphatic rings. The van der Waals surface area contributed by atoms with E-state index < -0.39 is 0 Å². The Hall–Kier alpha value is -1.72. The predicted octanol–water partition coefficient (Wildman–Crippen LogP) is 0.284. The molecular formula is C10H17N5O. The smallest absolute Gasteiger partial charge is 0.242 e. The van der Waals surface area contributed by atoms with Gasteiger partial charge in [0.15, 0.2) is 0 Å². The minimum Gasteiger partial charge on any atom is -0.370 e. The van der Waals surface area contributed by atoms with E-state index in [0.717, 1.165) is 24.2 Å². The molecule has 16 heavy (non-hydrogen) atoms. The molecule has 0 aromatic carbocycles. The molecule has 0 bridgehead atoms. The summed E-state index contributed by atoms with van der Waals surface area (Å²) in [5.74, 6) is 0.108. The van der Waals surface area contributed by atoms with Gasteiger partial charge in [-0.05, 0) is 12.8 Å². The molecule has 1 heterocycles. The molecule has 6 nitrogen and oxygen atoms in total. The van der Waals surface area contributed by atoms with Crippen molar-refractivity contribution in [2.75, 3.05) is 11.9 Å². The first kappa shape index (κ1) is 12.4. The van der Waals surface area contributed by atoms with Crippen molar-refractivity contribution in [2.45, 2.75) is 33.1 Å². The van der Waals surface area contributed by atoms with Crippen LogP contribution in [-0.2, 0) is 17.6 Å². The van der Waals surface area contributed by atoms with Crippen LogP contribution < -0.4 is 11.1 Å². The van der Waals surface area contributed by atoms with Crippen LogP contribution in [0.2, 0.25) is 0 Å². The highest BCUT2D eigenvalue weighted by atomic mass is 16.1. The number of hydrogen-bond acceptors (Lipinski definition) is 5. The number of rotatable bonds is 6. The highest BCUT2D eigenvalue weighted by Crippen LogP contribution is 2.06. The average Bonchev–Trinajstić information content (AvgIpc) is 2.28. The molecule has 6 heteroatoms. The molecule has 0 radical (unpaired) electrons. The highest BCUT2D eigenvalue weighted by molar-refractivity contribution is 5.74. The molecule has 0 unspecified atom stereocenters. The van der Waals surface area contributed by atoms with Gasteiger partial charge in [0.1, 0.15) is 0 Å². The van der Waals surface area contributed by atoms with E-state index in [1.54, 1.807) is 0 Å². The summed E-state index contributed by atoms with van der Waals surface area (Å²) in [6, 6.07) is 0. The van der Waals surface area contributed by atoms with Crippen molar-refractivity contribution < 1.29 is 4.79 Å². The topological polar surface area (TPSA) is 93.8 Å². The monoisotopic (exact) mass is 223 g/mol. The van der Waals surface area contributed by atoms with Crippen LogP contribution in [0.4, 0.5) is 5.95 Å². The summed E-state index contributed by atoms with van der Waals surface area (Å²) in [6.07, 6.45) is 1.91. The third kappa shape index (κ3) is 3.45. The van der Waals surface area contributed by atoms with Crippen LogP contribution in [0.1, 0.15) is 31.7 Å². The van der Waals surface area contributed by atoms with E-state index in [4.69, 9.17) is 5.73 Å². The molecule has 1 aromatic heterocycles. The maximum absolute atomic E-state index is 10.5. The number of nitrogens with zero attached hydrogens (tertiary/aromatic N) is 3. The molecule has 88 valence electrons. The van der Waals surface area contributed by atoms with E-state index in [-0.39, 0.29) is 12.3 Å². The number of carbonyl (C=O) groups is 1. The summed E-state index contributed by atoms with van der Waals surface area (Å²) in [4.78, 5) is 14.9. The van der Waals surface area contributed by atoms with Crippen LogP contribution in [0.5, 0.6) is 0 Å². The Morgan fingerprint density at radius 1 is 1.25 bits per heavy atom. The van der Waals surface area contributed by atoms with E-state index in [2.05, 4.69) is 20.5 Å². The number of carbonyl (C=O) groups excluding carboxylic acids is 1. The van der Waals surface area contributed by atoms with Crippen molar-refractivity contribution >= 4 is 11.9 Å². The number of amides is 1. The SMILES string of the molecule is CCc1nnc(NCCC(N)=O)nc1CC. The molecule has 0 aliphatic carbocycles. The number of hydrogen-bond donors (Lipinski definition) is 2. The Morgan fingerprint density at radius 3 is 2.50 bits per heavy atom.